The molecule has 0 aliphatic rings. The molecule has 0 saturated carbocycles. The molecule has 8 heteroatoms. The lowest BCUT2D eigenvalue weighted by Gasteiger charge is -2.34. The van der Waals surface area contributed by atoms with Gasteiger partial charge in [0.05, 0.1) is 12.1 Å². The molecule has 0 radical (unpaired) electrons. The monoisotopic (exact) mass is 497 g/mol. The molecule has 190 valence electrons. The largest absolute Gasteiger partial charge is 0.388 e. The summed E-state index contributed by atoms with van der Waals surface area (Å²) < 4.78 is 0. The van der Waals surface area contributed by atoms with E-state index in [1.165, 1.54) is 11.1 Å². The van der Waals surface area contributed by atoms with Gasteiger partial charge in [-0.05, 0) is 60.4 Å². The molecule has 0 aliphatic carbocycles. The molecule has 2 aromatic carbocycles. The lowest BCUT2D eigenvalue weighted by Crippen LogP contribution is -2.42. The topological polar surface area (TPSA) is 139 Å². The number of aromatic nitrogens is 2. The highest BCUT2D eigenvalue weighted by molar-refractivity contribution is 5.90. The van der Waals surface area contributed by atoms with Crippen molar-refractivity contribution in [2.24, 2.45) is 5.73 Å². The van der Waals surface area contributed by atoms with E-state index in [2.05, 4.69) is 9.97 Å². The number of carbonyl (C=O) groups is 1. The van der Waals surface area contributed by atoms with Crippen molar-refractivity contribution < 1.29 is 15.0 Å². The quantitative estimate of drug-likeness (QED) is 0.286. The molecule has 6 N–H and O–H groups in total. The van der Waals surface area contributed by atoms with Crippen molar-refractivity contribution in [2.45, 2.75) is 38.5 Å². The van der Waals surface area contributed by atoms with Crippen molar-refractivity contribution in [3.05, 3.63) is 119 Å². The van der Waals surface area contributed by atoms with Crippen LogP contribution in [0.15, 0.2) is 85.2 Å². The number of anilines is 2. The van der Waals surface area contributed by atoms with E-state index in [1.54, 1.807) is 42.6 Å². The molecule has 2 heterocycles. The molecule has 37 heavy (non-hydrogen) atoms. The van der Waals surface area contributed by atoms with Crippen LogP contribution in [-0.4, -0.2) is 26.2 Å². The van der Waals surface area contributed by atoms with E-state index in [1.807, 2.05) is 50.2 Å². The minimum absolute atomic E-state index is 0.242. The molecule has 3 unspecified atom stereocenters. The Morgan fingerprint density at radius 1 is 0.838 bits per heavy atom. The molecule has 0 saturated heterocycles. The van der Waals surface area contributed by atoms with Gasteiger partial charge >= 0.3 is 6.03 Å². The van der Waals surface area contributed by atoms with Gasteiger partial charge in [-0.1, -0.05) is 59.7 Å². The normalized spacial score (nSPS) is 13.5. The third-order valence-electron chi connectivity index (χ3n) is 6.33. The van der Waals surface area contributed by atoms with Gasteiger partial charge in [0.25, 0.3) is 0 Å². The second kappa shape index (κ2) is 11.2. The maximum Gasteiger partial charge on any atom is 0.321 e. The molecule has 0 fully saturated rings. The number of urea groups is 1. The van der Waals surface area contributed by atoms with Gasteiger partial charge in [-0.25, -0.2) is 14.8 Å². The van der Waals surface area contributed by atoms with Crippen LogP contribution in [0.25, 0.3) is 0 Å². The zero-order chi connectivity index (χ0) is 26.5. The predicted octanol–water partition coefficient (Wildman–Crippen LogP) is 4.31. The van der Waals surface area contributed by atoms with Gasteiger partial charge in [-0.15, -0.1) is 0 Å². The molecule has 8 nitrogen and oxygen atoms in total. The number of aliphatic hydroxyl groups excluding tert-OH is 2. The maximum atomic E-state index is 12.9. The van der Waals surface area contributed by atoms with Gasteiger partial charge in [-0.2, -0.15) is 0 Å². The number of amides is 2. The van der Waals surface area contributed by atoms with Crippen LogP contribution in [0.5, 0.6) is 0 Å². The summed E-state index contributed by atoms with van der Waals surface area (Å²) in [5.74, 6) is 0.485. The molecule has 4 rings (SSSR count). The molecule has 4 aromatic rings. The zero-order valence-corrected chi connectivity index (χ0v) is 20.8. The molecule has 2 amide bonds. The Morgan fingerprint density at radius 3 is 2.03 bits per heavy atom. The van der Waals surface area contributed by atoms with E-state index in [-0.39, 0.29) is 11.6 Å². The number of rotatable bonds is 8. The van der Waals surface area contributed by atoms with Crippen LogP contribution >= 0.6 is 0 Å². The van der Waals surface area contributed by atoms with Gasteiger partial charge in [0, 0.05) is 18.8 Å². The van der Waals surface area contributed by atoms with Crippen LogP contribution in [0, 0.1) is 13.8 Å². The van der Waals surface area contributed by atoms with Gasteiger partial charge in [-0.3, -0.25) is 4.90 Å². The van der Waals surface area contributed by atoms with Gasteiger partial charge in [0.15, 0.2) is 0 Å². The van der Waals surface area contributed by atoms with Crippen LogP contribution in [0.3, 0.4) is 0 Å². The number of nitrogen functional groups attached to an aromatic ring is 1. The average Bonchev–Trinajstić information content (AvgIpc) is 2.87. The summed E-state index contributed by atoms with van der Waals surface area (Å²) >= 11 is 0. The number of hydrogen-bond acceptors (Lipinski definition) is 6. The number of aliphatic hydroxyl groups is 2. The van der Waals surface area contributed by atoms with E-state index < -0.39 is 24.3 Å². The van der Waals surface area contributed by atoms with Crippen molar-refractivity contribution in [1.29, 1.82) is 0 Å². The van der Waals surface area contributed by atoms with Crippen LogP contribution in [0.4, 0.5) is 16.4 Å². The summed E-state index contributed by atoms with van der Waals surface area (Å²) in [5, 5.41) is 22.3. The zero-order valence-electron chi connectivity index (χ0n) is 20.8. The lowest BCUT2D eigenvalue weighted by atomic mass is 9.94. The molecule has 2 aromatic heterocycles. The van der Waals surface area contributed by atoms with Crippen molar-refractivity contribution in [2.75, 3.05) is 10.6 Å². The standard InChI is InChI=1S/C29H31N5O3/c1-18-3-7-21(8-4-18)24(35)15-20-11-13-33-26(16-20)34(29(31)37)27(23-12-14-32-25(30)17-23)28(36)22-9-5-19(2)6-10-22/h3-14,16-17,24,27-28,35-36H,15H2,1-2H3,(H2,30,32)(H2,31,37). The fraction of sp³-hybridized carbons (Fsp3) is 0.207. The predicted molar refractivity (Wildman–Crippen MR) is 144 cm³/mol. The summed E-state index contributed by atoms with van der Waals surface area (Å²) in [5.41, 5.74) is 16.7. The third kappa shape index (κ3) is 6.11. The maximum absolute atomic E-state index is 12.9. The summed E-state index contributed by atoms with van der Waals surface area (Å²) in [6.07, 6.45) is 1.49. The van der Waals surface area contributed by atoms with Gasteiger partial charge in [0.1, 0.15) is 17.7 Å². The highest BCUT2D eigenvalue weighted by Gasteiger charge is 2.34. The number of pyridine rings is 2. The Hall–Kier alpha value is -4.27. The molecule has 0 spiro atoms. The summed E-state index contributed by atoms with van der Waals surface area (Å²) in [7, 11) is 0. The van der Waals surface area contributed by atoms with Crippen molar-refractivity contribution in [1.82, 2.24) is 9.97 Å². The first kappa shape index (κ1) is 25.8. The van der Waals surface area contributed by atoms with E-state index >= 15 is 0 Å². The summed E-state index contributed by atoms with van der Waals surface area (Å²) in [4.78, 5) is 22.6. The lowest BCUT2D eigenvalue weighted by molar-refractivity contribution is 0.143. The third-order valence-corrected chi connectivity index (χ3v) is 6.33. The fourth-order valence-electron chi connectivity index (χ4n) is 4.31. The van der Waals surface area contributed by atoms with Crippen LogP contribution in [-0.2, 0) is 6.42 Å². The Morgan fingerprint density at radius 2 is 1.43 bits per heavy atom. The molecular weight excluding hydrogens is 466 g/mol. The second-order valence-electron chi connectivity index (χ2n) is 9.18. The Balaban J connectivity index is 1.73. The van der Waals surface area contributed by atoms with E-state index in [0.717, 1.165) is 22.3 Å². The minimum Gasteiger partial charge on any atom is -0.388 e. The van der Waals surface area contributed by atoms with Gasteiger partial charge < -0.3 is 21.7 Å². The van der Waals surface area contributed by atoms with E-state index in [0.29, 0.717) is 17.5 Å². The van der Waals surface area contributed by atoms with Gasteiger partial charge in [0.2, 0.25) is 0 Å². The van der Waals surface area contributed by atoms with Crippen LogP contribution in [0.2, 0.25) is 0 Å². The molecule has 0 aliphatic heterocycles. The summed E-state index contributed by atoms with van der Waals surface area (Å²) in [6, 6.07) is 20.1. The SMILES string of the molecule is Cc1ccc(C(O)Cc2ccnc(N(C(N)=O)C(c3ccnc(N)c3)C(O)c3ccc(C)cc3)c2)cc1. The number of nitrogens with zero attached hydrogens (tertiary/aromatic N) is 3. The number of benzene rings is 2. The second-order valence-corrected chi connectivity index (χ2v) is 9.18. The highest BCUT2D eigenvalue weighted by atomic mass is 16.3. The Labute approximate surface area is 216 Å². The Bertz CT molecular complexity index is 1360. The van der Waals surface area contributed by atoms with Crippen molar-refractivity contribution in [3.63, 3.8) is 0 Å². The number of aryl methyl sites for hydroxylation is 2. The van der Waals surface area contributed by atoms with E-state index in [9.17, 15) is 15.0 Å². The summed E-state index contributed by atoms with van der Waals surface area (Å²) in [6.45, 7) is 3.94. The highest BCUT2D eigenvalue weighted by Crippen LogP contribution is 2.37. The van der Waals surface area contributed by atoms with Crippen molar-refractivity contribution in [3.8, 4) is 0 Å². The first-order valence-corrected chi connectivity index (χ1v) is 12.0. The number of nitrogens with two attached hydrogens (primary N) is 2. The van der Waals surface area contributed by atoms with Crippen molar-refractivity contribution >= 4 is 17.7 Å². The molecular formula is C29H31N5O3. The minimum atomic E-state index is -1.14. The first-order valence-electron chi connectivity index (χ1n) is 12.0. The number of carbonyl (C=O) groups excluding carboxylic acids is 1. The first-order chi connectivity index (χ1) is 17.7. The fourth-order valence-corrected chi connectivity index (χ4v) is 4.31. The van der Waals surface area contributed by atoms with Crippen LogP contribution in [0.1, 0.15) is 51.6 Å². The van der Waals surface area contributed by atoms with Crippen LogP contribution < -0.4 is 16.4 Å². The smallest absolute Gasteiger partial charge is 0.321 e. The van der Waals surface area contributed by atoms with E-state index in [4.69, 9.17) is 11.5 Å². The average molecular weight is 498 g/mol. The number of hydrogen-bond donors (Lipinski definition) is 4. The number of primary amides is 1. The molecule has 3 atom stereocenters. The Kier molecular flexibility index (Phi) is 7.81. The molecule has 0 bridgehead atoms.